The van der Waals surface area contributed by atoms with Gasteiger partial charge in [0.1, 0.15) is 5.82 Å². The molecule has 0 fully saturated rings. The van der Waals surface area contributed by atoms with Crippen molar-refractivity contribution in [3.8, 4) is 23.1 Å². The van der Waals surface area contributed by atoms with Gasteiger partial charge in [0.05, 0.1) is 23.5 Å². The van der Waals surface area contributed by atoms with Crippen molar-refractivity contribution in [1.29, 1.82) is 0 Å². The minimum Gasteiger partial charge on any atom is -0.381 e. The molecule has 1 heterocycles. The van der Waals surface area contributed by atoms with Gasteiger partial charge in [-0.1, -0.05) is 59.3 Å². The van der Waals surface area contributed by atoms with Crippen LogP contribution in [0.2, 0.25) is 10.0 Å². The summed E-state index contributed by atoms with van der Waals surface area (Å²) in [5.41, 5.74) is 6.07. The molecule has 0 aliphatic rings. The average molecular weight is 479 g/mol. The number of nitrogens with zero attached hydrogens (tertiary/aromatic N) is 1. The van der Waals surface area contributed by atoms with Crippen molar-refractivity contribution in [2.75, 3.05) is 13.7 Å². The number of H-pyrrole nitrogens is 1. The third-order valence-electron chi connectivity index (χ3n) is 4.63. The average Bonchev–Trinajstić information content (AvgIpc) is 3.26. The van der Waals surface area contributed by atoms with Crippen LogP contribution in [0.15, 0.2) is 66.9 Å². The minimum atomic E-state index is 0.590. The first kappa shape index (κ1) is 26.2. The molecule has 0 aliphatic heterocycles. The lowest BCUT2D eigenvalue weighted by molar-refractivity contribution is 0.234. The molecule has 0 saturated carbocycles. The molecule has 0 atom stereocenters. The maximum atomic E-state index is 6.27. The number of benzene rings is 2. The van der Waals surface area contributed by atoms with E-state index in [1.165, 1.54) is 0 Å². The fourth-order valence-corrected chi connectivity index (χ4v) is 3.25. The zero-order valence-corrected chi connectivity index (χ0v) is 20.9. The highest BCUT2D eigenvalue weighted by molar-refractivity contribution is 6.36. The third-order valence-corrected chi connectivity index (χ3v) is 5.18. The number of hydrogen-bond acceptors (Lipinski definition) is 2. The Labute approximate surface area is 206 Å². The molecule has 3 nitrogen and oxygen atoms in total. The van der Waals surface area contributed by atoms with Crippen LogP contribution in [0.25, 0.3) is 23.4 Å². The normalized spacial score (nSPS) is 10.9. The topological polar surface area (TPSA) is 37.9 Å². The van der Waals surface area contributed by atoms with E-state index in [0.717, 1.165) is 39.3 Å². The first-order chi connectivity index (χ1) is 15.9. The van der Waals surface area contributed by atoms with Crippen LogP contribution < -0.4 is 0 Å². The fourth-order valence-electron chi connectivity index (χ4n) is 2.74. The molecular weight excluding hydrogens is 451 g/mol. The van der Waals surface area contributed by atoms with E-state index in [1.54, 1.807) is 25.4 Å². The van der Waals surface area contributed by atoms with E-state index in [0.29, 0.717) is 16.7 Å². The molecule has 33 heavy (non-hydrogen) atoms. The van der Waals surface area contributed by atoms with Crippen molar-refractivity contribution in [1.82, 2.24) is 9.97 Å². The Morgan fingerprint density at radius 1 is 1.18 bits per heavy atom. The molecule has 2 aromatic carbocycles. The number of methoxy groups -OCH3 is 1. The fraction of sp³-hybridized carbons (Fsp3) is 0.179. The SMILES string of the molecule is C/C=C(\C)C#Cc1ccc(/C=C/c2ncc(-c3ccc(Cl)cc3Cl)[nH]2)c(C)c1.C=CCOC. The molecule has 0 aliphatic carbocycles. The molecule has 0 spiro atoms. The number of aryl methyl sites for hydroxylation is 1. The maximum absolute atomic E-state index is 6.27. The molecule has 1 N–H and O–H groups in total. The first-order valence-corrected chi connectivity index (χ1v) is 11.2. The molecule has 1 aromatic heterocycles. The summed E-state index contributed by atoms with van der Waals surface area (Å²) in [5.74, 6) is 7.08. The molecule has 0 saturated heterocycles. The van der Waals surface area contributed by atoms with Gasteiger partial charge in [-0.25, -0.2) is 4.98 Å². The second kappa shape index (κ2) is 13.5. The molecular formula is C28H28Cl2N2O. The monoisotopic (exact) mass is 478 g/mol. The van der Waals surface area contributed by atoms with Crippen molar-refractivity contribution in [2.45, 2.75) is 20.8 Å². The van der Waals surface area contributed by atoms with Crippen LogP contribution in [-0.2, 0) is 4.74 Å². The number of halogens is 2. The number of ether oxygens (including phenoxy) is 1. The number of nitrogens with one attached hydrogen (secondary N) is 1. The van der Waals surface area contributed by atoms with Crippen LogP contribution in [0.5, 0.6) is 0 Å². The molecule has 5 heteroatoms. The van der Waals surface area contributed by atoms with Gasteiger partial charge in [0.2, 0.25) is 0 Å². The summed E-state index contributed by atoms with van der Waals surface area (Å²) >= 11 is 12.2. The second-order valence-electron chi connectivity index (χ2n) is 7.18. The Kier molecular flexibility index (Phi) is 10.7. The zero-order valence-electron chi connectivity index (χ0n) is 19.4. The van der Waals surface area contributed by atoms with Crippen molar-refractivity contribution in [2.24, 2.45) is 0 Å². The smallest absolute Gasteiger partial charge is 0.130 e. The molecule has 3 aromatic rings. The number of aromatic nitrogens is 2. The molecule has 0 unspecified atom stereocenters. The Hall–Kier alpha value is -3.03. The van der Waals surface area contributed by atoms with Crippen LogP contribution in [0.4, 0.5) is 0 Å². The number of rotatable bonds is 5. The van der Waals surface area contributed by atoms with Crippen LogP contribution in [0.3, 0.4) is 0 Å². The number of hydrogen-bond donors (Lipinski definition) is 1. The van der Waals surface area contributed by atoms with Crippen molar-refractivity contribution < 1.29 is 4.74 Å². The highest BCUT2D eigenvalue weighted by Crippen LogP contribution is 2.29. The molecule has 0 bridgehead atoms. The van der Waals surface area contributed by atoms with E-state index in [2.05, 4.69) is 52.2 Å². The van der Waals surface area contributed by atoms with Gasteiger partial charge in [0.25, 0.3) is 0 Å². The molecule has 170 valence electrons. The summed E-state index contributed by atoms with van der Waals surface area (Å²) in [4.78, 5) is 7.69. The Morgan fingerprint density at radius 2 is 1.97 bits per heavy atom. The van der Waals surface area contributed by atoms with Gasteiger partial charge in [0.15, 0.2) is 0 Å². The highest BCUT2D eigenvalue weighted by Gasteiger charge is 2.07. The van der Waals surface area contributed by atoms with Crippen molar-refractivity contribution in [3.05, 3.63) is 99.5 Å². The summed E-state index contributed by atoms with van der Waals surface area (Å²) in [6.07, 6.45) is 9.47. The van der Waals surface area contributed by atoms with Gasteiger partial charge in [0, 0.05) is 23.3 Å². The van der Waals surface area contributed by atoms with Crippen LogP contribution in [0, 0.1) is 18.8 Å². The zero-order chi connectivity index (χ0) is 24.2. The van der Waals surface area contributed by atoms with E-state index in [4.69, 9.17) is 23.2 Å². The van der Waals surface area contributed by atoms with Gasteiger partial charge < -0.3 is 9.72 Å². The van der Waals surface area contributed by atoms with Gasteiger partial charge in [-0.15, -0.1) is 6.58 Å². The lowest BCUT2D eigenvalue weighted by Gasteiger charge is -2.02. The molecule has 3 rings (SSSR count). The number of imidazole rings is 1. The van der Waals surface area contributed by atoms with Crippen LogP contribution >= 0.6 is 23.2 Å². The van der Waals surface area contributed by atoms with Gasteiger partial charge >= 0.3 is 0 Å². The Bertz CT molecular complexity index is 1210. The second-order valence-corrected chi connectivity index (χ2v) is 8.02. The third kappa shape index (κ3) is 8.44. The summed E-state index contributed by atoms with van der Waals surface area (Å²) in [7, 11) is 1.64. The number of allylic oxidation sites excluding steroid dienone is 2. The van der Waals surface area contributed by atoms with E-state index < -0.39 is 0 Å². The quantitative estimate of drug-likeness (QED) is 0.297. The number of aromatic amines is 1. The van der Waals surface area contributed by atoms with E-state index in [-0.39, 0.29) is 0 Å². The van der Waals surface area contributed by atoms with Gasteiger partial charge in [-0.3, -0.25) is 0 Å². The molecule has 0 amide bonds. The largest absolute Gasteiger partial charge is 0.381 e. The standard InChI is InChI=1S/C24H20Cl2N2.C4H8O/c1-4-16(2)5-6-18-7-8-19(17(3)13-18)9-12-24-27-15-23(28-24)21-11-10-20(25)14-22(21)26;1-3-4-5-2/h4,7-15H,1-3H3,(H,27,28);3H,1,4H2,2H3/b12-9+,16-4+;. The highest BCUT2D eigenvalue weighted by atomic mass is 35.5. The van der Waals surface area contributed by atoms with Crippen LogP contribution in [0.1, 0.15) is 36.4 Å². The van der Waals surface area contributed by atoms with E-state index >= 15 is 0 Å². The first-order valence-electron chi connectivity index (χ1n) is 10.4. The predicted molar refractivity (Wildman–Crippen MR) is 143 cm³/mol. The minimum absolute atomic E-state index is 0.590. The predicted octanol–water partition coefficient (Wildman–Crippen LogP) is 8.00. The maximum Gasteiger partial charge on any atom is 0.130 e. The van der Waals surface area contributed by atoms with Gasteiger partial charge in [-0.05, 0) is 73.9 Å². The van der Waals surface area contributed by atoms with Crippen LogP contribution in [-0.4, -0.2) is 23.7 Å². The van der Waals surface area contributed by atoms with Crippen molar-refractivity contribution in [3.63, 3.8) is 0 Å². The van der Waals surface area contributed by atoms with E-state index in [9.17, 15) is 0 Å². The lowest BCUT2D eigenvalue weighted by Crippen LogP contribution is -1.84. The summed E-state index contributed by atoms with van der Waals surface area (Å²) in [6, 6.07) is 11.6. The summed E-state index contributed by atoms with van der Waals surface area (Å²) in [5, 5.41) is 1.20. The van der Waals surface area contributed by atoms with Gasteiger partial charge in [-0.2, -0.15) is 0 Å². The van der Waals surface area contributed by atoms with E-state index in [1.807, 2.05) is 50.3 Å². The Morgan fingerprint density at radius 3 is 2.58 bits per heavy atom. The van der Waals surface area contributed by atoms with Crippen molar-refractivity contribution >= 4 is 35.4 Å². The Balaban J connectivity index is 0.000000696. The summed E-state index contributed by atoms with van der Waals surface area (Å²) < 4.78 is 4.57. The lowest BCUT2D eigenvalue weighted by atomic mass is 10.0. The molecule has 0 radical (unpaired) electrons. The summed E-state index contributed by atoms with van der Waals surface area (Å²) in [6.45, 7) is 10.2.